The van der Waals surface area contributed by atoms with Gasteiger partial charge in [-0.25, -0.2) is 0 Å². The third-order valence-corrected chi connectivity index (χ3v) is 1.25. The van der Waals surface area contributed by atoms with Crippen molar-refractivity contribution < 1.29 is 9.90 Å². The molecule has 0 radical (unpaired) electrons. The minimum Gasteiger partial charge on any atom is -0.383 e. The number of likely N-dealkylation sites (N-methyl/N-ethyl adjacent to an activating group) is 1. The lowest BCUT2D eigenvalue weighted by Crippen LogP contribution is -2.37. The highest BCUT2D eigenvalue weighted by Crippen LogP contribution is 1.99. The van der Waals surface area contributed by atoms with Gasteiger partial charge < -0.3 is 10.4 Å². The quantitative estimate of drug-likeness (QED) is 0.593. The zero-order valence-electron chi connectivity index (χ0n) is 6.72. The maximum absolute atomic E-state index is 10.8. The number of aliphatic hydroxyl groups excluding tert-OH is 1. The van der Waals surface area contributed by atoms with Crippen LogP contribution in [-0.2, 0) is 4.79 Å². The minimum absolute atomic E-state index is 0.00782. The molecule has 3 nitrogen and oxygen atoms in total. The smallest absolute Gasteiger partial charge is 0.249 e. The zero-order chi connectivity index (χ0) is 8.15. The first-order valence-electron chi connectivity index (χ1n) is 3.55. The fourth-order valence-electron chi connectivity index (χ4n) is 0.582. The third kappa shape index (κ3) is 2.82. The van der Waals surface area contributed by atoms with E-state index in [1.165, 1.54) is 0 Å². The van der Waals surface area contributed by atoms with Gasteiger partial charge >= 0.3 is 0 Å². The molecular weight excluding hydrogens is 130 g/mol. The van der Waals surface area contributed by atoms with Crippen LogP contribution in [0, 0.1) is 5.92 Å². The number of carbonyl (C=O) groups is 1. The monoisotopic (exact) mass is 145 g/mol. The largest absolute Gasteiger partial charge is 0.383 e. The summed E-state index contributed by atoms with van der Waals surface area (Å²) in [6, 6.07) is 0. The Bertz CT molecular complexity index is 112. The summed E-state index contributed by atoms with van der Waals surface area (Å²) in [5.41, 5.74) is 0. The fraction of sp³-hybridized carbons (Fsp3) is 0.857. The van der Waals surface area contributed by atoms with E-state index in [1.54, 1.807) is 13.8 Å². The van der Waals surface area contributed by atoms with Crippen molar-refractivity contribution >= 4 is 5.91 Å². The Hall–Kier alpha value is -0.570. The first-order valence-corrected chi connectivity index (χ1v) is 3.55. The van der Waals surface area contributed by atoms with E-state index >= 15 is 0 Å². The van der Waals surface area contributed by atoms with Crippen molar-refractivity contribution in [3.63, 3.8) is 0 Å². The molecule has 0 bridgehead atoms. The van der Waals surface area contributed by atoms with Crippen LogP contribution in [0.25, 0.3) is 0 Å². The zero-order valence-corrected chi connectivity index (χ0v) is 6.72. The second-order valence-corrected chi connectivity index (χ2v) is 2.58. The van der Waals surface area contributed by atoms with E-state index in [0.29, 0.717) is 6.54 Å². The van der Waals surface area contributed by atoms with Crippen LogP contribution >= 0.6 is 0 Å². The average molecular weight is 145 g/mol. The normalized spacial score (nSPS) is 13.3. The second-order valence-electron chi connectivity index (χ2n) is 2.58. The van der Waals surface area contributed by atoms with Gasteiger partial charge in [0.05, 0.1) is 0 Å². The maximum Gasteiger partial charge on any atom is 0.249 e. The van der Waals surface area contributed by atoms with E-state index in [4.69, 9.17) is 5.11 Å². The van der Waals surface area contributed by atoms with E-state index in [0.717, 1.165) is 0 Å². The molecule has 3 heteroatoms. The molecule has 0 aliphatic carbocycles. The second kappa shape index (κ2) is 4.28. The standard InChI is InChI=1S/C7H15NO2/c1-4-8-7(10)6(9)5(2)3/h5-6,9H,4H2,1-3H3,(H,8,10)/t6-/m0/s1. The summed E-state index contributed by atoms with van der Waals surface area (Å²) in [5.74, 6) is -0.288. The molecule has 0 heterocycles. The van der Waals surface area contributed by atoms with Crippen molar-refractivity contribution in [3.8, 4) is 0 Å². The van der Waals surface area contributed by atoms with E-state index < -0.39 is 6.10 Å². The van der Waals surface area contributed by atoms with E-state index in [9.17, 15) is 4.79 Å². The molecule has 0 aliphatic heterocycles. The van der Waals surface area contributed by atoms with Crippen molar-refractivity contribution in [1.29, 1.82) is 0 Å². The van der Waals surface area contributed by atoms with Crippen LogP contribution < -0.4 is 5.32 Å². The highest BCUT2D eigenvalue weighted by atomic mass is 16.3. The summed E-state index contributed by atoms with van der Waals surface area (Å²) >= 11 is 0. The van der Waals surface area contributed by atoms with Crippen LogP contribution in [-0.4, -0.2) is 23.7 Å². The average Bonchev–Trinajstić information content (AvgIpc) is 1.87. The third-order valence-electron chi connectivity index (χ3n) is 1.25. The lowest BCUT2D eigenvalue weighted by molar-refractivity contribution is -0.131. The summed E-state index contributed by atoms with van der Waals surface area (Å²) in [5, 5.41) is 11.7. The topological polar surface area (TPSA) is 49.3 Å². The number of rotatable bonds is 3. The van der Waals surface area contributed by atoms with Crippen LogP contribution in [0.3, 0.4) is 0 Å². The minimum atomic E-state index is -0.861. The Kier molecular flexibility index (Phi) is 4.03. The molecular formula is C7H15NO2. The number of carbonyl (C=O) groups excluding carboxylic acids is 1. The van der Waals surface area contributed by atoms with E-state index in [2.05, 4.69) is 5.32 Å². The van der Waals surface area contributed by atoms with Crippen molar-refractivity contribution in [1.82, 2.24) is 5.32 Å². The molecule has 0 aromatic rings. The van der Waals surface area contributed by atoms with Crippen LogP contribution in [0.4, 0.5) is 0 Å². The summed E-state index contributed by atoms with van der Waals surface area (Å²) < 4.78 is 0. The molecule has 0 aliphatic rings. The summed E-state index contributed by atoms with van der Waals surface area (Å²) in [6.45, 7) is 6.01. The molecule has 0 saturated heterocycles. The predicted molar refractivity (Wildman–Crippen MR) is 39.5 cm³/mol. The van der Waals surface area contributed by atoms with Crippen LogP contribution in [0.5, 0.6) is 0 Å². The Morgan fingerprint density at radius 1 is 1.60 bits per heavy atom. The summed E-state index contributed by atoms with van der Waals surface area (Å²) in [7, 11) is 0. The Labute approximate surface area is 61.4 Å². The van der Waals surface area contributed by atoms with Gasteiger partial charge in [-0.1, -0.05) is 13.8 Å². The SMILES string of the molecule is CCNC(=O)[C@@H](O)C(C)C. The molecule has 0 rings (SSSR count). The maximum atomic E-state index is 10.8. The highest BCUT2D eigenvalue weighted by Gasteiger charge is 2.16. The number of aliphatic hydroxyl groups is 1. The Morgan fingerprint density at radius 2 is 2.10 bits per heavy atom. The predicted octanol–water partition coefficient (Wildman–Crippen LogP) is 0.139. The van der Waals surface area contributed by atoms with Gasteiger partial charge in [0.15, 0.2) is 0 Å². The van der Waals surface area contributed by atoms with Gasteiger partial charge in [0.2, 0.25) is 5.91 Å². The van der Waals surface area contributed by atoms with E-state index in [1.807, 2.05) is 6.92 Å². The van der Waals surface area contributed by atoms with Gasteiger partial charge in [-0.3, -0.25) is 4.79 Å². The number of nitrogens with one attached hydrogen (secondary N) is 1. The fourth-order valence-corrected chi connectivity index (χ4v) is 0.582. The molecule has 0 aromatic carbocycles. The number of hydrogen-bond donors (Lipinski definition) is 2. The molecule has 1 amide bonds. The molecule has 0 aromatic heterocycles. The van der Waals surface area contributed by atoms with Gasteiger partial charge in [0.25, 0.3) is 0 Å². The van der Waals surface area contributed by atoms with Crippen LogP contribution in [0.15, 0.2) is 0 Å². The molecule has 60 valence electrons. The summed E-state index contributed by atoms with van der Waals surface area (Å²) in [6.07, 6.45) is -0.861. The lowest BCUT2D eigenvalue weighted by Gasteiger charge is -2.12. The molecule has 0 spiro atoms. The molecule has 0 saturated carbocycles. The molecule has 1 atom stereocenters. The van der Waals surface area contributed by atoms with Gasteiger partial charge in [0.1, 0.15) is 6.10 Å². The van der Waals surface area contributed by atoms with Crippen LogP contribution in [0.2, 0.25) is 0 Å². The lowest BCUT2D eigenvalue weighted by atomic mass is 10.1. The Balaban J connectivity index is 3.71. The molecule has 2 N–H and O–H groups in total. The Morgan fingerprint density at radius 3 is 2.40 bits per heavy atom. The first-order chi connectivity index (χ1) is 4.59. The van der Waals surface area contributed by atoms with Crippen LogP contribution in [0.1, 0.15) is 20.8 Å². The summed E-state index contributed by atoms with van der Waals surface area (Å²) in [4.78, 5) is 10.8. The van der Waals surface area contributed by atoms with Gasteiger partial charge in [-0.15, -0.1) is 0 Å². The van der Waals surface area contributed by atoms with Gasteiger partial charge in [0, 0.05) is 6.54 Å². The molecule has 10 heavy (non-hydrogen) atoms. The molecule has 0 unspecified atom stereocenters. The van der Waals surface area contributed by atoms with E-state index in [-0.39, 0.29) is 11.8 Å². The van der Waals surface area contributed by atoms with Crippen molar-refractivity contribution in [2.24, 2.45) is 5.92 Å². The van der Waals surface area contributed by atoms with Crippen molar-refractivity contribution in [3.05, 3.63) is 0 Å². The van der Waals surface area contributed by atoms with Gasteiger partial charge in [-0.05, 0) is 12.8 Å². The van der Waals surface area contributed by atoms with Crippen molar-refractivity contribution in [2.75, 3.05) is 6.54 Å². The first kappa shape index (κ1) is 9.43. The molecule has 0 fully saturated rings. The van der Waals surface area contributed by atoms with Gasteiger partial charge in [-0.2, -0.15) is 0 Å². The number of hydrogen-bond acceptors (Lipinski definition) is 2. The van der Waals surface area contributed by atoms with Crippen molar-refractivity contribution in [2.45, 2.75) is 26.9 Å². The highest BCUT2D eigenvalue weighted by molar-refractivity contribution is 5.80. The number of amides is 1.